The Morgan fingerprint density at radius 2 is 2.29 bits per heavy atom. The Hall–Kier alpha value is -0.870. The van der Waals surface area contributed by atoms with Gasteiger partial charge < -0.3 is 10.0 Å². The van der Waals surface area contributed by atoms with Crippen LogP contribution < -0.4 is 0 Å². The van der Waals surface area contributed by atoms with E-state index in [-0.39, 0.29) is 12.0 Å². The number of amides is 1. The molecule has 1 aromatic rings. The molecular weight excluding hydrogens is 282 g/mol. The van der Waals surface area contributed by atoms with Crippen LogP contribution in [0.1, 0.15) is 28.8 Å². The summed E-state index contributed by atoms with van der Waals surface area (Å²) in [5, 5.41) is 9.59. The van der Waals surface area contributed by atoms with Crippen LogP contribution in [0.15, 0.2) is 22.7 Å². The second kappa shape index (κ2) is 5.19. The second-order valence-corrected chi connectivity index (χ2v) is 5.42. The summed E-state index contributed by atoms with van der Waals surface area (Å²) >= 11 is 3.39. The molecule has 0 aromatic heterocycles. The van der Waals surface area contributed by atoms with E-state index < -0.39 is 0 Å². The van der Waals surface area contributed by atoms with Crippen LogP contribution in [0.25, 0.3) is 0 Å². The van der Waals surface area contributed by atoms with Crippen molar-refractivity contribution in [3.05, 3.63) is 33.8 Å². The van der Waals surface area contributed by atoms with Crippen molar-refractivity contribution in [2.45, 2.75) is 25.9 Å². The highest BCUT2D eigenvalue weighted by Crippen LogP contribution is 2.19. The number of halogens is 1. The van der Waals surface area contributed by atoms with E-state index >= 15 is 0 Å². The lowest BCUT2D eigenvalue weighted by molar-refractivity contribution is 0.0473. The summed E-state index contributed by atoms with van der Waals surface area (Å²) in [6.07, 6.45) is 1.30. The molecule has 1 atom stereocenters. The Labute approximate surface area is 110 Å². The van der Waals surface area contributed by atoms with Crippen LogP contribution in [0.2, 0.25) is 0 Å². The third-order valence-electron chi connectivity index (χ3n) is 3.10. The number of hydrogen-bond acceptors (Lipinski definition) is 2. The number of benzene rings is 1. The van der Waals surface area contributed by atoms with Gasteiger partial charge in [-0.15, -0.1) is 0 Å². The molecule has 17 heavy (non-hydrogen) atoms. The van der Waals surface area contributed by atoms with Crippen LogP contribution in [-0.2, 0) is 0 Å². The van der Waals surface area contributed by atoms with Crippen LogP contribution in [-0.4, -0.2) is 35.1 Å². The number of nitrogens with zero attached hydrogens (tertiary/aromatic N) is 1. The standard InChI is InChI=1S/C13H16BrNO2/c1-9-7-10(14)4-5-12(9)13(17)15-6-2-3-11(16)8-15/h4-5,7,11,16H,2-3,6,8H2,1H3. The second-order valence-electron chi connectivity index (χ2n) is 4.51. The quantitative estimate of drug-likeness (QED) is 0.864. The van der Waals surface area contributed by atoms with E-state index in [2.05, 4.69) is 15.9 Å². The molecule has 0 radical (unpaired) electrons. The highest BCUT2D eigenvalue weighted by molar-refractivity contribution is 9.10. The molecule has 1 fully saturated rings. The first-order chi connectivity index (χ1) is 8.08. The molecule has 1 saturated heterocycles. The smallest absolute Gasteiger partial charge is 0.254 e. The Bertz CT molecular complexity index is 433. The monoisotopic (exact) mass is 297 g/mol. The summed E-state index contributed by atoms with van der Waals surface area (Å²) in [5.41, 5.74) is 1.69. The van der Waals surface area contributed by atoms with Gasteiger partial charge in [-0.3, -0.25) is 4.79 Å². The number of likely N-dealkylation sites (tertiary alicyclic amines) is 1. The van der Waals surface area contributed by atoms with Gasteiger partial charge in [-0.1, -0.05) is 15.9 Å². The molecule has 0 spiro atoms. The summed E-state index contributed by atoms with van der Waals surface area (Å²) < 4.78 is 0.977. The van der Waals surface area contributed by atoms with E-state index in [1.54, 1.807) is 4.90 Å². The van der Waals surface area contributed by atoms with Crippen LogP contribution in [0, 0.1) is 6.92 Å². The fourth-order valence-corrected chi connectivity index (χ4v) is 2.65. The normalized spacial score (nSPS) is 20.4. The van der Waals surface area contributed by atoms with Gasteiger partial charge in [0, 0.05) is 23.1 Å². The fourth-order valence-electron chi connectivity index (χ4n) is 2.18. The minimum Gasteiger partial charge on any atom is -0.391 e. The molecule has 0 saturated carbocycles. The number of aliphatic hydroxyl groups excluding tert-OH is 1. The predicted molar refractivity (Wildman–Crippen MR) is 70.0 cm³/mol. The molecule has 2 rings (SSSR count). The van der Waals surface area contributed by atoms with Gasteiger partial charge in [0.05, 0.1) is 6.10 Å². The fraction of sp³-hybridized carbons (Fsp3) is 0.462. The number of carbonyl (C=O) groups excluding carboxylic acids is 1. The molecule has 0 bridgehead atoms. The maximum atomic E-state index is 12.3. The molecule has 1 heterocycles. The van der Waals surface area contributed by atoms with Crippen LogP contribution >= 0.6 is 15.9 Å². The van der Waals surface area contributed by atoms with E-state index in [1.165, 1.54) is 0 Å². The summed E-state index contributed by atoms with van der Waals surface area (Å²) in [6, 6.07) is 5.65. The summed E-state index contributed by atoms with van der Waals surface area (Å²) in [7, 11) is 0. The van der Waals surface area contributed by atoms with Crippen molar-refractivity contribution < 1.29 is 9.90 Å². The van der Waals surface area contributed by atoms with Gasteiger partial charge >= 0.3 is 0 Å². The summed E-state index contributed by atoms with van der Waals surface area (Å²) in [4.78, 5) is 14.0. The maximum Gasteiger partial charge on any atom is 0.254 e. The van der Waals surface area contributed by atoms with Crippen molar-refractivity contribution >= 4 is 21.8 Å². The van der Waals surface area contributed by atoms with Crippen LogP contribution in [0.5, 0.6) is 0 Å². The Kier molecular flexibility index (Phi) is 3.84. The lowest BCUT2D eigenvalue weighted by Gasteiger charge is -2.30. The highest BCUT2D eigenvalue weighted by atomic mass is 79.9. The zero-order valence-corrected chi connectivity index (χ0v) is 11.4. The Morgan fingerprint density at radius 1 is 1.53 bits per heavy atom. The molecule has 1 unspecified atom stereocenters. The molecule has 1 aliphatic heterocycles. The van der Waals surface area contributed by atoms with Crippen molar-refractivity contribution in [3.63, 3.8) is 0 Å². The average molecular weight is 298 g/mol. The zero-order chi connectivity index (χ0) is 12.4. The van der Waals surface area contributed by atoms with Gasteiger partial charge in [0.1, 0.15) is 0 Å². The molecule has 4 heteroatoms. The van der Waals surface area contributed by atoms with E-state index in [0.717, 1.165) is 35.0 Å². The number of hydrogen-bond donors (Lipinski definition) is 1. The minimum absolute atomic E-state index is 0.0220. The first-order valence-corrected chi connectivity index (χ1v) is 6.60. The Balaban J connectivity index is 2.18. The highest BCUT2D eigenvalue weighted by Gasteiger charge is 2.23. The van der Waals surface area contributed by atoms with Crippen molar-refractivity contribution in [3.8, 4) is 0 Å². The molecule has 0 aliphatic carbocycles. The molecule has 1 aromatic carbocycles. The first-order valence-electron chi connectivity index (χ1n) is 5.81. The molecule has 92 valence electrons. The van der Waals surface area contributed by atoms with Crippen LogP contribution in [0.3, 0.4) is 0 Å². The van der Waals surface area contributed by atoms with Gasteiger partial charge in [0.2, 0.25) is 0 Å². The maximum absolute atomic E-state index is 12.3. The predicted octanol–water partition coefficient (Wildman–Crippen LogP) is 2.35. The van der Waals surface area contributed by atoms with Crippen LogP contribution in [0.4, 0.5) is 0 Å². The number of carbonyl (C=O) groups is 1. The number of aryl methyl sites for hydroxylation is 1. The lowest BCUT2D eigenvalue weighted by atomic mass is 10.0. The number of rotatable bonds is 1. The molecule has 1 N–H and O–H groups in total. The van der Waals surface area contributed by atoms with E-state index in [9.17, 15) is 9.90 Å². The SMILES string of the molecule is Cc1cc(Br)ccc1C(=O)N1CCCC(O)C1. The van der Waals surface area contributed by atoms with Gasteiger partial charge in [0.25, 0.3) is 5.91 Å². The van der Waals surface area contributed by atoms with Crippen molar-refractivity contribution in [2.75, 3.05) is 13.1 Å². The van der Waals surface area contributed by atoms with E-state index in [1.807, 2.05) is 25.1 Å². The van der Waals surface area contributed by atoms with E-state index in [0.29, 0.717) is 6.54 Å². The first kappa shape index (κ1) is 12.6. The minimum atomic E-state index is -0.372. The number of β-amino-alcohol motifs (C(OH)–C–C–N with tert-alkyl or cyclic N) is 1. The topological polar surface area (TPSA) is 40.5 Å². The van der Waals surface area contributed by atoms with Gasteiger partial charge in [-0.2, -0.15) is 0 Å². The lowest BCUT2D eigenvalue weighted by Crippen LogP contribution is -2.42. The third kappa shape index (κ3) is 2.87. The molecule has 1 amide bonds. The van der Waals surface area contributed by atoms with E-state index in [4.69, 9.17) is 0 Å². The molecule has 3 nitrogen and oxygen atoms in total. The Morgan fingerprint density at radius 3 is 2.94 bits per heavy atom. The zero-order valence-electron chi connectivity index (χ0n) is 9.82. The van der Waals surface area contributed by atoms with Crippen molar-refractivity contribution in [1.82, 2.24) is 4.90 Å². The molecular formula is C13H16BrNO2. The van der Waals surface area contributed by atoms with Gasteiger partial charge in [-0.25, -0.2) is 0 Å². The van der Waals surface area contributed by atoms with Gasteiger partial charge in [0.15, 0.2) is 0 Å². The third-order valence-corrected chi connectivity index (χ3v) is 3.60. The molecule has 1 aliphatic rings. The van der Waals surface area contributed by atoms with Gasteiger partial charge in [-0.05, 0) is 43.5 Å². The summed E-state index contributed by atoms with van der Waals surface area (Å²) in [5.74, 6) is 0.0220. The summed E-state index contributed by atoms with van der Waals surface area (Å²) in [6.45, 7) is 3.12. The van der Waals surface area contributed by atoms with Crippen molar-refractivity contribution in [2.24, 2.45) is 0 Å². The van der Waals surface area contributed by atoms with Crippen molar-refractivity contribution in [1.29, 1.82) is 0 Å². The largest absolute Gasteiger partial charge is 0.391 e. The average Bonchev–Trinajstić information content (AvgIpc) is 2.28. The number of aliphatic hydroxyl groups is 1. The number of piperidine rings is 1.